The Morgan fingerprint density at radius 2 is 2.03 bits per heavy atom. The van der Waals surface area contributed by atoms with Crippen LogP contribution in [0.1, 0.15) is 12.0 Å². The number of halogens is 4. The van der Waals surface area contributed by atoms with Crippen molar-refractivity contribution in [2.45, 2.75) is 19.5 Å². The number of fused-ring (bicyclic) bond motifs is 1. The number of ether oxygens (including phenoxy) is 1. The van der Waals surface area contributed by atoms with Gasteiger partial charge in [-0.05, 0) is 43.2 Å². The lowest BCUT2D eigenvalue weighted by atomic mass is 10.1. The van der Waals surface area contributed by atoms with Gasteiger partial charge in [-0.3, -0.25) is 4.79 Å². The van der Waals surface area contributed by atoms with Crippen molar-refractivity contribution < 1.29 is 26.9 Å². The van der Waals surface area contributed by atoms with Crippen LogP contribution in [0.5, 0.6) is 5.88 Å². The lowest BCUT2D eigenvalue weighted by Gasteiger charge is -2.18. The van der Waals surface area contributed by atoms with Crippen molar-refractivity contribution in [2.24, 2.45) is 4.36 Å². The molecule has 4 rings (SSSR count). The van der Waals surface area contributed by atoms with E-state index in [0.29, 0.717) is 33.9 Å². The van der Waals surface area contributed by atoms with E-state index in [4.69, 9.17) is 16.3 Å². The molecule has 9 nitrogen and oxygen atoms in total. The smallest absolute Gasteiger partial charge is 0.405 e. The molecule has 0 aliphatic carbocycles. The predicted molar refractivity (Wildman–Crippen MR) is 126 cm³/mol. The van der Waals surface area contributed by atoms with Crippen LogP contribution in [0.4, 0.5) is 30.4 Å². The minimum Gasteiger partial charge on any atom is -0.466 e. The van der Waals surface area contributed by atoms with Gasteiger partial charge in [-0.25, -0.2) is 14.2 Å². The molecular weight excluding hydrogens is 509 g/mol. The molecule has 2 aromatic heterocycles. The van der Waals surface area contributed by atoms with Crippen molar-refractivity contribution in [3.05, 3.63) is 41.3 Å². The van der Waals surface area contributed by atoms with Crippen molar-refractivity contribution in [1.82, 2.24) is 20.3 Å². The molecule has 14 heteroatoms. The van der Waals surface area contributed by atoms with Crippen LogP contribution in [0.15, 0.2) is 35.0 Å². The molecule has 3 heterocycles. The highest BCUT2D eigenvalue weighted by atomic mass is 35.5. The number of carbonyl (C=O) groups excluding carboxylic acids is 1. The second-order valence-corrected chi connectivity index (χ2v) is 10.7. The van der Waals surface area contributed by atoms with Crippen LogP contribution in [0, 0.1) is 6.92 Å². The summed E-state index contributed by atoms with van der Waals surface area (Å²) in [6, 6.07) is 6.53. The summed E-state index contributed by atoms with van der Waals surface area (Å²) in [5, 5.41) is 5.50. The standard InChI is InChI=1S/C21H20ClF3N6O3S/c1-12-7-13(31-35(33)5-2-6-35)8-15-18(12)19(28-11-27-15)29-14-3-4-16(22)30-20(14)34-9-17(32)26-10-21(23,24)25/h3-4,7-8,11H,2,5-6,9-10H2,1H3,(H,26,32)(H,27,28,29). The zero-order valence-electron chi connectivity index (χ0n) is 18.4. The fraction of sp³-hybridized carbons (Fsp3) is 0.333. The normalized spacial score (nSPS) is 14.8. The maximum absolute atomic E-state index is 12.5. The second kappa shape index (κ2) is 9.82. The molecular formula is C21H20ClF3N6O3S. The van der Waals surface area contributed by atoms with Crippen LogP contribution in [-0.4, -0.2) is 55.9 Å². The Labute approximate surface area is 203 Å². The largest absolute Gasteiger partial charge is 0.466 e. The Morgan fingerprint density at radius 3 is 2.71 bits per heavy atom. The number of benzene rings is 1. The Hall–Kier alpha value is -3.19. The number of carbonyl (C=O) groups is 1. The van der Waals surface area contributed by atoms with Crippen molar-refractivity contribution in [3.63, 3.8) is 0 Å². The number of rotatable bonds is 7. The number of hydrogen-bond donors (Lipinski definition) is 2. The molecule has 0 unspecified atom stereocenters. The monoisotopic (exact) mass is 528 g/mol. The van der Waals surface area contributed by atoms with Crippen LogP contribution in [0.2, 0.25) is 5.15 Å². The quantitative estimate of drug-likeness (QED) is 0.439. The first-order valence-corrected chi connectivity index (χ1v) is 12.6. The number of amides is 1. The zero-order valence-corrected chi connectivity index (χ0v) is 19.9. The van der Waals surface area contributed by atoms with Gasteiger partial charge in [0.1, 0.15) is 29.5 Å². The Bertz CT molecular complexity index is 1400. The third kappa shape index (κ3) is 6.28. The van der Waals surface area contributed by atoms with Crippen LogP contribution < -0.4 is 15.4 Å². The van der Waals surface area contributed by atoms with Crippen molar-refractivity contribution >= 4 is 55.3 Å². The van der Waals surface area contributed by atoms with Crippen LogP contribution >= 0.6 is 11.6 Å². The third-order valence-electron chi connectivity index (χ3n) is 5.02. The number of hydrogen-bond acceptors (Lipinski definition) is 8. The SMILES string of the molecule is Cc1cc(N=S2(=O)CCC2)cc2ncnc(Nc3ccc(Cl)nc3OCC(=O)NCC(F)(F)F)c12. The summed E-state index contributed by atoms with van der Waals surface area (Å²) in [4.78, 5) is 24.3. The molecule has 0 atom stereocenters. The highest BCUT2D eigenvalue weighted by molar-refractivity contribution is 7.95. The van der Waals surface area contributed by atoms with Crippen LogP contribution in [0.25, 0.3) is 10.9 Å². The van der Waals surface area contributed by atoms with E-state index in [0.717, 1.165) is 12.0 Å². The molecule has 1 aliphatic heterocycles. The third-order valence-corrected chi connectivity index (χ3v) is 7.63. The van der Waals surface area contributed by atoms with Crippen LogP contribution in [-0.2, 0) is 14.5 Å². The first-order valence-electron chi connectivity index (χ1n) is 10.4. The highest BCUT2D eigenvalue weighted by Crippen LogP contribution is 2.34. The van der Waals surface area contributed by atoms with Gasteiger partial charge in [0.25, 0.3) is 5.91 Å². The molecule has 1 aromatic carbocycles. The summed E-state index contributed by atoms with van der Waals surface area (Å²) in [5.41, 5.74) is 2.21. The number of aromatic nitrogens is 3. The molecule has 2 N–H and O–H groups in total. The van der Waals surface area contributed by atoms with Crippen molar-refractivity contribution in [2.75, 3.05) is 30.0 Å². The van der Waals surface area contributed by atoms with Gasteiger partial charge in [0, 0.05) is 16.9 Å². The molecule has 3 aromatic rings. The van der Waals surface area contributed by atoms with E-state index in [-0.39, 0.29) is 16.7 Å². The van der Waals surface area contributed by atoms with Crippen molar-refractivity contribution in [1.29, 1.82) is 0 Å². The summed E-state index contributed by atoms with van der Waals surface area (Å²) < 4.78 is 59.1. The molecule has 0 bridgehead atoms. The molecule has 1 fully saturated rings. The zero-order chi connectivity index (χ0) is 25.2. The average molecular weight is 529 g/mol. The van der Waals surface area contributed by atoms with Gasteiger partial charge in [0.05, 0.1) is 20.9 Å². The minimum atomic E-state index is -4.54. The molecule has 186 valence electrons. The van der Waals surface area contributed by atoms with Crippen LogP contribution in [0.3, 0.4) is 0 Å². The molecule has 1 aliphatic rings. The highest BCUT2D eigenvalue weighted by Gasteiger charge is 2.28. The Morgan fingerprint density at radius 1 is 1.26 bits per heavy atom. The number of aryl methyl sites for hydroxylation is 1. The van der Waals surface area contributed by atoms with E-state index in [9.17, 15) is 22.2 Å². The van der Waals surface area contributed by atoms with Gasteiger partial charge in [-0.15, -0.1) is 0 Å². The van der Waals surface area contributed by atoms with Gasteiger partial charge < -0.3 is 15.4 Å². The lowest BCUT2D eigenvalue weighted by molar-refractivity contribution is -0.139. The fourth-order valence-electron chi connectivity index (χ4n) is 3.33. The van der Waals surface area contributed by atoms with E-state index in [1.54, 1.807) is 17.4 Å². The van der Waals surface area contributed by atoms with E-state index in [1.165, 1.54) is 18.5 Å². The summed E-state index contributed by atoms with van der Waals surface area (Å²) in [7, 11) is -2.19. The number of anilines is 2. The summed E-state index contributed by atoms with van der Waals surface area (Å²) in [6.45, 7) is -0.337. The maximum Gasteiger partial charge on any atom is 0.405 e. The van der Waals surface area contributed by atoms with Gasteiger partial charge in [-0.1, -0.05) is 11.6 Å². The molecule has 1 saturated heterocycles. The summed E-state index contributed by atoms with van der Waals surface area (Å²) >= 11 is 5.94. The topological polar surface area (TPSA) is 118 Å². The molecule has 0 radical (unpaired) electrons. The minimum absolute atomic E-state index is 0.0567. The van der Waals surface area contributed by atoms with Gasteiger partial charge in [-0.2, -0.15) is 22.5 Å². The first kappa shape index (κ1) is 24.9. The van der Waals surface area contributed by atoms with E-state index < -0.39 is 35.0 Å². The van der Waals surface area contributed by atoms with Gasteiger partial charge in [0.15, 0.2) is 6.61 Å². The van der Waals surface area contributed by atoms with E-state index >= 15 is 0 Å². The van der Waals surface area contributed by atoms with Gasteiger partial charge >= 0.3 is 6.18 Å². The summed E-state index contributed by atoms with van der Waals surface area (Å²) in [6.07, 6.45) is -2.30. The maximum atomic E-state index is 12.5. The Balaban J connectivity index is 1.59. The van der Waals surface area contributed by atoms with Crippen molar-refractivity contribution in [3.8, 4) is 5.88 Å². The average Bonchev–Trinajstić information content (AvgIpc) is 2.76. The van der Waals surface area contributed by atoms with E-state index in [1.807, 2.05) is 6.92 Å². The first-order chi connectivity index (χ1) is 16.5. The number of nitrogens with one attached hydrogen (secondary N) is 2. The predicted octanol–water partition coefficient (Wildman–Crippen LogP) is 4.29. The fourth-order valence-corrected chi connectivity index (χ4v) is 4.92. The van der Waals surface area contributed by atoms with Gasteiger partial charge in [0.2, 0.25) is 5.88 Å². The Kier molecular flexibility index (Phi) is 6.99. The number of alkyl halides is 3. The molecule has 0 spiro atoms. The molecule has 35 heavy (non-hydrogen) atoms. The second-order valence-electron chi connectivity index (χ2n) is 7.80. The van der Waals surface area contributed by atoms with E-state index in [2.05, 4.69) is 24.6 Å². The lowest BCUT2D eigenvalue weighted by Crippen LogP contribution is -2.36. The molecule has 1 amide bonds. The number of pyridine rings is 1. The summed E-state index contributed by atoms with van der Waals surface area (Å²) in [5.74, 6) is 0.488. The number of nitrogens with zero attached hydrogens (tertiary/aromatic N) is 4. The molecule has 0 saturated carbocycles.